The second-order valence-corrected chi connectivity index (χ2v) is 7.62. The van der Waals surface area contributed by atoms with Crippen LogP contribution in [0.4, 0.5) is 5.13 Å². The van der Waals surface area contributed by atoms with Gasteiger partial charge in [0.25, 0.3) is 5.91 Å². The fourth-order valence-corrected chi connectivity index (χ4v) is 4.08. The number of piperidine rings is 1. The number of nitrogens with two attached hydrogens (primary N) is 2. The first-order valence-corrected chi connectivity index (χ1v) is 10.4. The number of aromatic nitrogens is 1. The third-order valence-corrected chi connectivity index (χ3v) is 5.26. The molecule has 0 bridgehead atoms. The van der Waals surface area contributed by atoms with Gasteiger partial charge in [-0.1, -0.05) is 24.7 Å². The van der Waals surface area contributed by atoms with E-state index in [1.165, 1.54) is 11.3 Å². The zero-order chi connectivity index (χ0) is 20.5. The summed E-state index contributed by atoms with van der Waals surface area (Å²) in [6.45, 7) is 5.77. The first-order valence-electron chi connectivity index (χ1n) is 9.56. The third-order valence-electron chi connectivity index (χ3n) is 4.28. The maximum atomic E-state index is 13.1. The smallest absolute Gasteiger partial charge is 0.332 e. The molecule has 0 aromatic carbocycles. The lowest BCUT2D eigenvalue weighted by molar-refractivity contribution is -0.149. The molecule has 2 heterocycles. The Labute approximate surface area is 169 Å². The first kappa shape index (κ1) is 22.1. The number of carbonyl (C=O) groups is 2. The number of likely N-dealkylation sites (tertiary alicyclic amines) is 1. The maximum absolute atomic E-state index is 13.1. The summed E-state index contributed by atoms with van der Waals surface area (Å²) < 4.78 is 10.3. The average molecular weight is 412 g/mol. The number of aryl methyl sites for hydroxylation is 1. The molecule has 0 aliphatic carbocycles. The van der Waals surface area contributed by atoms with Crippen molar-refractivity contribution >= 4 is 34.3 Å². The molecule has 1 aliphatic heterocycles. The molecule has 1 aromatic heterocycles. The molecule has 1 fully saturated rings. The van der Waals surface area contributed by atoms with Crippen LogP contribution in [0, 0.1) is 5.92 Å². The number of rotatable bonds is 9. The first-order chi connectivity index (χ1) is 13.4. The van der Waals surface area contributed by atoms with Crippen molar-refractivity contribution in [2.24, 2.45) is 22.4 Å². The number of nitrogens with zero attached hydrogens (tertiary/aromatic N) is 3. The number of amides is 1. The van der Waals surface area contributed by atoms with Crippen molar-refractivity contribution in [3.63, 3.8) is 0 Å². The molecule has 1 atom stereocenters. The predicted molar refractivity (Wildman–Crippen MR) is 108 cm³/mol. The van der Waals surface area contributed by atoms with Crippen molar-refractivity contribution in [2.45, 2.75) is 39.5 Å². The monoisotopic (exact) mass is 411 g/mol. The maximum Gasteiger partial charge on any atom is 0.332 e. The number of thiazole rings is 1. The second kappa shape index (κ2) is 11.0. The molecule has 2 rings (SSSR count). The number of hydrogen-bond acceptors (Lipinski definition) is 7. The van der Waals surface area contributed by atoms with E-state index in [2.05, 4.69) is 9.98 Å². The summed E-state index contributed by atoms with van der Waals surface area (Å²) in [6, 6.07) is 0. The molecule has 0 spiro atoms. The van der Waals surface area contributed by atoms with Gasteiger partial charge < -0.3 is 25.8 Å². The van der Waals surface area contributed by atoms with Gasteiger partial charge in [-0.3, -0.25) is 4.79 Å². The van der Waals surface area contributed by atoms with Crippen molar-refractivity contribution in [3.05, 3.63) is 10.6 Å². The third kappa shape index (κ3) is 6.45. The van der Waals surface area contributed by atoms with Crippen LogP contribution in [0.25, 0.3) is 0 Å². The zero-order valence-electron chi connectivity index (χ0n) is 16.5. The van der Waals surface area contributed by atoms with E-state index < -0.39 is 0 Å². The average Bonchev–Trinajstić information content (AvgIpc) is 3.03. The Morgan fingerprint density at radius 2 is 2.14 bits per heavy atom. The fraction of sp³-hybridized carbons (Fsp3) is 0.667. The molecule has 9 nitrogen and oxygen atoms in total. The quantitative estimate of drug-likeness (QED) is 0.357. The Balaban J connectivity index is 2.00. The molecule has 0 saturated carbocycles. The summed E-state index contributed by atoms with van der Waals surface area (Å²) in [5.41, 5.74) is 11.6. The van der Waals surface area contributed by atoms with E-state index in [1.54, 1.807) is 6.92 Å². The van der Waals surface area contributed by atoms with Crippen molar-refractivity contribution in [3.8, 4) is 0 Å². The summed E-state index contributed by atoms with van der Waals surface area (Å²) in [5, 5.41) is 0.401. The lowest BCUT2D eigenvalue weighted by atomic mass is 9.98. The number of esters is 1. The molecule has 1 amide bonds. The van der Waals surface area contributed by atoms with Crippen LogP contribution in [0.5, 0.6) is 0 Å². The Bertz CT molecular complexity index is 702. The second-order valence-electron chi connectivity index (χ2n) is 6.64. The van der Waals surface area contributed by atoms with Crippen LogP contribution in [-0.2, 0) is 20.7 Å². The van der Waals surface area contributed by atoms with Crippen LogP contribution in [-0.4, -0.2) is 60.6 Å². The van der Waals surface area contributed by atoms with Gasteiger partial charge in [0.05, 0.1) is 18.9 Å². The molecule has 10 heteroatoms. The van der Waals surface area contributed by atoms with E-state index in [0.717, 1.165) is 25.0 Å². The number of carbonyl (C=O) groups excluding carboxylic acids is 2. The summed E-state index contributed by atoms with van der Waals surface area (Å²) in [4.78, 5) is 35.3. The van der Waals surface area contributed by atoms with E-state index in [1.807, 2.05) is 11.8 Å². The van der Waals surface area contributed by atoms with Gasteiger partial charge in [0, 0.05) is 13.1 Å². The molecule has 1 aliphatic rings. The molecule has 4 N–H and O–H groups in total. The van der Waals surface area contributed by atoms with E-state index in [4.69, 9.17) is 20.9 Å². The van der Waals surface area contributed by atoms with Crippen molar-refractivity contribution in [2.75, 3.05) is 32.9 Å². The lowest BCUT2D eigenvalue weighted by Gasteiger charge is -2.32. The summed E-state index contributed by atoms with van der Waals surface area (Å²) >= 11 is 1.22. The van der Waals surface area contributed by atoms with E-state index in [9.17, 15) is 9.59 Å². The predicted octanol–water partition coefficient (Wildman–Crippen LogP) is 1.43. The molecule has 1 saturated heterocycles. The summed E-state index contributed by atoms with van der Waals surface area (Å²) in [5.74, 6) is -0.306. The highest BCUT2D eigenvalue weighted by Gasteiger charge is 2.28. The van der Waals surface area contributed by atoms with Crippen LogP contribution in [0.15, 0.2) is 4.99 Å². The number of guanidine groups is 1. The van der Waals surface area contributed by atoms with Crippen LogP contribution in [0.1, 0.15) is 48.5 Å². The number of aliphatic imine (C=N–C) groups is 1. The van der Waals surface area contributed by atoms with Crippen molar-refractivity contribution < 1.29 is 19.1 Å². The normalized spacial score (nSPS) is 16.6. The molecular formula is C18H29N5O4S. The Morgan fingerprint density at radius 1 is 1.36 bits per heavy atom. The molecule has 156 valence electrons. The van der Waals surface area contributed by atoms with Crippen LogP contribution >= 0.6 is 11.3 Å². The summed E-state index contributed by atoms with van der Waals surface area (Å²) in [6.07, 6.45) is 3.41. The minimum atomic E-state index is -0.368. The molecule has 0 radical (unpaired) electrons. The SMILES string of the molecule is CCCc1nc(N=C(N)N)sc1C(=O)N1CCCC(COCC(=O)OCC)C1. The molecule has 28 heavy (non-hydrogen) atoms. The Kier molecular flexibility index (Phi) is 8.65. The summed E-state index contributed by atoms with van der Waals surface area (Å²) in [7, 11) is 0. The van der Waals surface area contributed by atoms with E-state index in [-0.39, 0.29) is 30.4 Å². The highest BCUT2D eigenvalue weighted by molar-refractivity contribution is 7.17. The van der Waals surface area contributed by atoms with E-state index >= 15 is 0 Å². The van der Waals surface area contributed by atoms with Gasteiger partial charge in [-0.25, -0.2) is 9.78 Å². The van der Waals surface area contributed by atoms with Crippen LogP contribution < -0.4 is 11.5 Å². The van der Waals surface area contributed by atoms with Crippen LogP contribution in [0.3, 0.4) is 0 Å². The Hall–Kier alpha value is -2.20. The zero-order valence-corrected chi connectivity index (χ0v) is 17.3. The van der Waals surface area contributed by atoms with Crippen molar-refractivity contribution in [1.82, 2.24) is 9.88 Å². The van der Waals surface area contributed by atoms with Gasteiger partial charge in [0.15, 0.2) is 5.96 Å². The molecule has 1 aromatic rings. The topological polar surface area (TPSA) is 133 Å². The van der Waals surface area contributed by atoms with Gasteiger partial charge in [-0.2, -0.15) is 4.99 Å². The largest absolute Gasteiger partial charge is 0.464 e. The van der Waals surface area contributed by atoms with Gasteiger partial charge in [-0.15, -0.1) is 0 Å². The minimum Gasteiger partial charge on any atom is -0.464 e. The van der Waals surface area contributed by atoms with E-state index in [0.29, 0.717) is 42.7 Å². The minimum absolute atomic E-state index is 0.0481. The van der Waals surface area contributed by atoms with Gasteiger partial charge in [-0.05, 0) is 32.1 Å². The molecular weight excluding hydrogens is 382 g/mol. The number of hydrogen-bond donors (Lipinski definition) is 2. The van der Waals surface area contributed by atoms with Gasteiger partial charge in [0.2, 0.25) is 5.13 Å². The fourth-order valence-electron chi connectivity index (χ4n) is 3.11. The Morgan fingerprint density at radius 3 is 2.82 bits per heavy atom. The highest BCUT2D eigenvalue weighted by Crippen LogP contribution is 2.29. The van der Waals surface area contributed by atoms with Crippen LogP contribution in [0.2, 0.25) is 0 Å². The molecule has 1 unspecified atom stereocenters. The van der Waals surface area contributed by atoms with Gasteiger partial charge in [0.1, 0.15) is 11.5 Å². The van der Waals surface area contributed by atoms with Gasteiger partial charge >= 0.3 is 5.97 Å². The highest BCUT2D eigenvalue weighted by atomic mass is 32.1. The lowest BCUT2D eigenvalue weighted by Crippen LogP contribution is -2.41. The van der Waals surface area contributed by atoms with Crippen molar-refractivity contribution in [1.29, 1.82) is 0 Å². The number of ether oxygens (including phenoxy) is 2. The standard InChI is InChI=1S/C18H29N5O4S/c1-3-6-13-15(28-18(21-13)22-17(19)20)16(25)23-8-5-7-12(9-23)10-26-11-14(24)27-4-2/h12H,3-11H2,1-2H3,(H4,19,20,21,22).